The monoisotopic (exact) mass is 237 g/mol. The maximum absolute atomic E-state index is 12.8. The summed E-state index contributed by atoms with van der Waals surface area (Å²) in [5.41, 5.74) is 0.420. The van der Waals surface area contributed by atoms with Crippen LogP contribution in [0, 0.1) is 5.82 Å². The topological polar surface area (TPSA) is 49.3 Å². The number of halogens is 1. The molecule has 0 spiro atoms. The Hall–Kier alpha value is -1.42. The summed E-state index contributed by atoms with van der Waals surface area (Å²) in [5, 5.41) is 11.5. The van der Waals surface area contributed by atoms with Gasteiger partial charge in [-0.15, -0.1) is 0 Å². The SMILES string of the molecule is O=C(NCCCO)C1(c2ccc(F)cc2)CC1. The Kier molecular flexibility index (Phi) is 3.43. The van der Waals surface area contributed by atoms with Gasteiger partial charge < -0.3 is 10.4 Å². The first kappa shape index (κ1) is 12.0. The number of amides is 1. The molecule has 92 valence electrons. The zero-order valence-electron chi connectivity index (χ0n) is 9.58. The number of aliphatic hydroxyl groups is 1. The average Bonchev–Trinajstić information content (AvgIpc) is 3.11. The molecule has 1 saturated carbocycles. The fourth-order valence-corrected chi connectivity index (χ4v) is 1.99. The lowest BCUT2D eigenvalue weighted by molar-refractivity contribution is -0.123. The Labute approximate surface area is 99.7 Å². The van der Waals surface area contributed by atoms with Gasteiger partial charge in [-0.25, -0.2) is 4.39 Å². The molecular formula is C13H16FNO2. The summed E-state index contributed by atoms with van der Waals surface area (Å²) in [5.74, 6) is -0.303. The quantitative estimate of drug-likeness (QED) is 0.760. The van der Waals surface area contributed by atoms with Gasteiger partial charge in [-0.1, -0.05) is 12.1 Å². The van der Waals surface area contributed by atoms with Crippen molar-refractivity contribution in [3.05, 3.63) is 35.6 Å². The highest BCUT2D eigenvalue weighted by atomic mass is 19.1. The summed E-state index contributed by atoms with van der Waals surface area (Å²) >= 11 is 0. The molecule has 0 aliphatic heterocycles. The van der Waals surface area contributed by atoms with Crippen LogP contribution in [0.5, 0.6) is 0 Å². The van der Waals surface area contributed by atoms with E-state index in [0.29, 0.717) is 13.0 Å². The Bertz CT molecular complexity index is 398. The van der Waals surface area contributed by atoms with Crippen LogP contribution < -0.4 is 5.32 Å². The predicted molar refractivity (Wildman–Crippen MR) is 62.0 cm³/mol. The zero-order chi connectivity index (χ0) is 12.3. The lowest BCUT2D eigenvalue weighted by Gasteiger charge is -2.15. The molecule has 0 radical (unpaired) electrons. The van der Waals surface area contributed by atoms with E-state index in [1.807, 2.05) is 0 Å². The van der Waals surface area contributed by atoms with E-state index in [0.717, 1.165) is 18.4 Å². The van der Waals surface area contributed by atoms with Gasteiger partial charge in [0.2, 0.25) is 5.91 Å². The number of hydrogen-bond acceptors (Lipinski definition) is 2. The van der Waals surface area contributed by atoms with Crippen LogP contribution in [0.15, 0.2) is 24.3 Å². The molecule has 1 aliphatic carbocycles. The molecular weight excluding hydrogens is 221 g/mol. The number of benzene rings is 1. The average molecular weight is 237 g/mol. The van der Waals surface area contributed by atoms with Crippen molar-refractivity contribution in [2.75, 3.05) is 13.2 Å². The number of hydrogen-bond donors (Lipinski definition) is 2. The Morgan fingerprint density at radius 3 is 2.53 bits per heavy atom. The second-order valence-corrected chi connectivity index (χ2v) is 4.42. The molecule has 2 N–H and O–H groups in total. The van der Waals surface area contributed by atoms with Crippen molar-refractivity contribution in [3.63, 3.8) is 0 Å². The summed E-state index contributed by atoms with van der Waals surface area (Å²) in [6, 6.07) is 6.12. The molecule has 0 bridgehead atoms. The first-order valence-electron chi connectivity index (χ1n) is 5.84. The van der Waals surface area contributed by atoms with Crippen molar-refractivity contribution in [1.82, 2.24) is 5.32 Å². The summed E-state index contributed by atoms with van der Waals surface area (Å²) in [6.45, 7) is 0.558. The van der Waals surface area contributed by atoms with Crippen molar-refractivity contribution in [2.24, 2.45) is 0 Å². The van der Waals surface area contributed by atoms with Gasteiger partial charge >= 0.3 is 0 Å². The molecule has 1 aliphatic rings. The van der Waals surface area contributed by atoms with E-state index in [4.69, 9.17) is 5.11 Å². The Balaban J connectivity index is 2.03. The number of carbonyl (C=O) groups is 1. The second kappa shape index (κ2) is 4.84. The zero-order valence-corrected chi connectivity index (χ0v) is 9.58. The molecule has 1 aromatic carbocycles. The van der Waals surface area contributed by atoms with Crippen molar-refractivity contribution < 1.29 is 14.3 Å². The summed E-state index contributed by atoms with van der Waals surface area (Å²) in [7, 11) is 0. The number of aliphatic hydroxyl groups excluding tert-OH is 1. The van der Waals surface area contributed by atoms with Crippen LogP contribution in [0.25, 0.3) is 0 Å². The first-order chi connectivity index (χ1) is 8.19. The van der Waals surface area contributed by atoms with Gasteiger partial charge in [0.05, 0.1) is 5.41 Å². The van der Waals surface area contributed by atoms with Gasteiger partial charge in [0.15, 0.2) is 0 Å². The normalized spacial score (nSPS) is 16.6. The van der Waals surface area contributed by atoms with Crippen LogP contribution in [-0.4, -0.2) is 24.2 Å². The van der Waals surface area contributed by atoms with Crippen LogP contribution in [0.2, 0.25) is 0 Å². The third-order valence-electron chi connectivity index (χ3n) is 3.20. The molecule has 0 atom stereocenters. The van der Waals surface area contributed by atoms with Gasteiger partial charge in [-0.3, -0.25) is 4.79 Å². The van der Waals surface area contributed by atoms with Gasteiger partial charge in [0.1, 0.15) is 5.82 Å². The highest BCUT2D eigenvalue weighted by molar-refractivity contribution is 5.91. The smallest absolute Gasteiger partial charge is 0.230 e. The lowest BCUT2D eigenvalue weighted by atomic mass is 9.95. The van der Waals surface area contributed by atoms with E-state index >= 15 is 0 Å². The fraction of sp³-hybridized carbons (Fsp3) is 0.462. The molecule has 2 rings (SSSR count). The number of rotatable bonds is 5. The minimum absolute atomic E-state index is 0.0161. The molecule has 1 fully saturated rings. The van der Waals surface area contributed by atoms with E-state index in [2.05, 4.69) is 5.32 Å². The van der Waals surface area contributed by atoms with Crippen molar-refractivity contribution in [2.45, 2.75) is 24.7 Å². The standard InChI is InChI=1S/C13H16FNO2/c14-11-4-2-10(3-5-11)13(6-7-13)12(17)15-8-1-9-16/h2-5,16H,1,6-9H2,(H,15,17). The maximum Gasteiger partial charge on any atom is 0.230 e. The van der Waals surface area contributed by atoms with E-state index in [9.17, 15) is 9.18 Å². The largest absolute Gasteiger partial charge is 0.396 e. The van der Waals surface area contributed by atoms with Crippen LogP contribution >= 0.6 is 0 Å². The van der Waals surface area contributed by atoms with Crippen molar-refractivity contribution >= 4 is 5.91 Å². The lowest BCUT2D eigenvalue weighted by Crippen LogP contribution is -2.35. The fourth-order valence-electron chi connectivity index (χ4n) is 1.99. The highest BCUT2D eigenvalue weighted by Gasteiger charge is 2.50. The predicted octanol–water partition coefficient (Wildman–Crippen LogP) is 1.36. The number of nitrogens with one attached hydrogen (secondary N) is 1. The summed E-state index contributed by atoms with van der Waals surface area (Å²) in [4.78, 5) is 12.0. The first-order valence-corrected chi connectivity index (χ1v) is 5.84. The van der Waals surface area contributed by atoms with Crippen LogP contribution in [0.3, 0.4) is 0 Å². The number of carbonyl (C=O) groups excluding carboxylic acids is 1. The Morgan fingerprint density at radius 2 is 2.00 bits per heavy atom. The van der Waals surface area contributed by atoms with Crippen LogP contribution in [-0.2, 0) is 10.2 Å². The molecule has 1 aromatic rings. The molecule has 0 unspecified atom stereocenters. The minimum Gasteiger partial charge on any atom is -0.396 e. The van der Waals surface area contributed by atoms with Crippen LogP contribution in [0.4, 0.5) is 4.39 Å². The molecule has 0 saturated heterocycles. The third kappa shape index (κ3) is 2.47. The van der Waals surface area contributed by atoms with E-state index in [1.165, 1.54) is 12.1 Å². The molecule has 17 heavy (non-hydrogen) atoms. The summed E-state index contributed by atoms with van der Waals surface area (Å²) < 4.78 is 12.8. The van der Waals surface area contributed by atoms with Gasteiger partial charge in [0.25, 0.3) is 0 Å². The second-order valence-electron chi connectivity index (χ2n) is 4.42. The molecule has 3 nitrogen and oxygen atoms in total. The molecule has 1 amide bonds. The van der Waals surface area contributed by atoms with Gasteiger partial charge in [-0.05, 0) is 37.0 Å². The Morgan fingerprint density at radius 1 is 1.35 bits per heavy atom. The third-order valence-corrected chi connectivity index (χ3v) is 3.20. The summed E-state index contributed by atoms with van der Waals surface area (Å²) in [6.07, 6.45) is 2.18. The molecule has 4 heteroatoms. The highest BCUT2D eigenvalue weighted by Crippen LogP contribution is 2.48. The molecule has 0 aromatic heterocycles. The van der Waals surface area contributed by atoms with Gasteiger partial charge in [0, 0.05) is 13.2 Å². The van der Waals surface area contributed by atoms with Crippen molar-refractivity contribution in [3.8, 4) is 0 Å². The van der Waals surface area contributed by atoms with E-state index in [1.54, 1.807) is 12.1 Å². The molecule has 0 heterocycles. The van der Waals surface area contributed by atoms with Crippen LogP contribution in [0.1, 0.15) is 24.8 Å². The maximum atomic E-state index is 12.8. The van der Waals surface area contributed by atoms with E-state index in [-0.39, 0.29) is 18.3 Å². The van der Waals surface area contributed by atoms with Crippen molar-refractivity contribution in [1.29, 1.82) is 0 Å². The van der Waals surface area contributed by atoms with Gasteiger partial charge in [-0.2, -0.15) is 0 Å². The van der Waals surface area contributed by atoms with E-state index < -0.39 is 5.41 Å². The minimum atomic E-state index is -0.455.